The molecule has 5 nitrogen and oxygen atoms in total. The van der Waals surface area contributed by atoms with Crippen molar-refractivity contribution >= 4 is 15.9 Å². The van der Waals surface area contributed by atoms with Crippen LogP contribution in [0.15, 0.2) is 20.3 Å². The van der Waals surface area contributed by atoms with E-state index in [0.29, 0.717) is 11.1 Å². The average molecular weight is 261 g/mol. The Morgan fingerprint density at radius 1 is 1.57 bits per heavy atom. The molecule has 1 aliphatic heterocycles. The van der Waals surface area contributed by atoms with Crippen LogP contribution in [0.5, 0.6) is 0 Å². The number of hydrogen-bond acceptors (Lipinski definition) is 3. The van der Waals surface area contributed by atoms with Crippen LogP contribution in [0.1, 0.15) is 19.1 Å². The fourth-order valence-corrected chi connectivity index (χ4v) is 1.77. The molecule has 0 aliphatic carbocycles. The Hall–Kier alpha value is -0.880. The monoisotopic (exact) mass is 260 g/mol. The molecule has 2 rings (SSSR count). The second kappa shape index (κ2) is 3.70. The summed E-state index contributed by atoms with van der Waals surface area (Å²) >= 11 is 3.07. The van der Waals surface area contributed by atoms with Gasteiger partial charge in [0.15, 0.2) is 0 Å². The fourth-order valence-electron chi connectivity index (χ4n) is 1.45. The maximum Gasteiger partial charge on any atom is 0.330 e. The van der Waals surface area contributed by atoms with E-state index in [1.165, 1.54) is 10.8 Å². The molecule has 0 spiro atoms. The molecule has 1 aromatic rings. The first-order valence-corrected chi connectivity index (χ1v) is 5.10. The van der Waals surface area contributed by atoms with Crippen molar-refractivity contribution in [2.45, 2.75) is 19.1 Å². The lowest BCUT2D eigenvalue weighted by molar-refractivity contribution is 0.0524. The van der Waals surface area contributed by atoms with Crippen LogP contribution < -0.4 is 11.2 Å². The van der Waals surface area contributed by atoms with Gasteiger partial charge in [0.05, 0.1) is 4.47 Å². The summed E-state index contributed by atoms with van der Waals surface area (Å²) in [5.74, 6) is 0. The van der Waals surface area contributed by atoms with Crippen LogP contribution in [0.25, 0.3) is 0 Å². The van der Waals surface area contributed by atoms with Crippen molar-refractivity contribution < 1.29 is 4.74 Å². The van der Waals surface area contributed by atoms with Gasteiger partial charge in [-0.1, -0.05) is 0 Å². The maximum absolute atomic E-state index is 11.4. The average Bonchev–Trinajstić information content (AvgIpc) is 2.64. The van der Waals surface area contributed by atoms with Gasteiger partial charge in [-0.25, -0.2) is 4.79 Å². The molecule has 0 radical (unpaired) electrons. The minimum atomic E-state index is -0.426. The van der Waals surface area contributed by atoms with E-state index in [4.69, 9.17) is 4.74 Å². The van der Waals surface area contributed by atoms with Crippen LogP contribution in [-0.4, -0.2) is 16.2 Å². The molecule has 1 N–H and O–H groups in total. The number of aromatic nitrogens is 2. The lowest BCUT2D eigenvalue weighted by Gasteiger charge is -2.12. The Labute approximate surface area is 87.8 Å². The van der Waals surface area contributed by atoms with Gasteiger partial charge in [0.2, 0.25) is 0 Å². The minimum Gasteiger partial charge on any atom is -0.358 e. The minimum absolute atomic E-state index is 0.240. The van der Waals surface area contributed by atoms with Gasteiger partial charge in [0.1, 0.15) is 6.23 Å². The van der Waals surface area contributed by atoms with Crippen LogP contribution in [0.2, 0.25) is 0 Å². The summed E-state index contributed by atoms with van der Waals surface area (Å²) in [6.45, 7) is 0.661. The molecular weight excluding hydrogens is 252 g/mol. The van der Waals surface area contributed by atoms with Crippen LogP contribution in [0.3, 0.4) is 0 Å². The third kappa shape index (κ3) is 1.67. The van der Waals surface area contributed by atoms with Gasteiger partial charge in [-0.15, -0.1) is 0 Å². The van der Waals surface area contributed by atoms with E-state index in [0.717, 1.165) is 12.8 Å². The highest BCUT2D eigenvalue weighted by molar-refractivity contribution is 9.10. The molecule has 0 bridgehead atoms. The third-order valence-electron chi connectivity index (χ3n) is 2.14. The van der Waals surface area contributed by atoms with Crippen LogP contribution >= 0.6 is 15.9 Å². The predicted octanol–water partition coefficient (Wildman–Crippen LogP) is 0.608. The molecule has 0 amide bonds. The molecule has 76 valence electrons. The summed E-state index contributed by atoms with van der Waals surface area (Å²) in [5.41, 5.74) is -0.839. The molecule has 0 aromatic carbocycles. The topological polar surface area (TPSA) is 64.1 Å². The molecule has 0 saturated carbocycles. The number of nitrogens with one attached hydrogen (secondary N) is 1. The van der Waals surface area contributed by atoms with Gasteiger partial charge in [-0.3, -0.25) is 14.3 Å². The number of ether oxygens (including phenoxy) is 1. The second-order valence-electron chi connectivity index (χ2n) is 3.11. The van der Waals surface area contributed by atoms with Crippen molar-refractivity contribution in [2.24, 2.45) is 0 Å². The van der Waals surface area contributed by atoms with E-state index in [1.54, 1.807) is 0 Å². The summed E-state index contributed by atoms with van der Waals surface area (Å²) in [5, 5.41) is 0. The molecule has 6 heteroatoms. The largest absolute Gasteiger partial charge is 0.358 e. The molecule has 1 atom stereocenters. The Morgan fingerprint density at radius 2 is 2.36 bits per heavy atom. The zero-order valence-corrected chi connectivity index (χ0v) is 8.91. The Kier molecular flexibility index (Phi) is 2.56. The molecule has 2 heterocycles. The molecule has 1 saturated heterocycles. The highest BCUT2D eigenvalue weighted by Crippen LogP contribution is 2.21. The van der Waals surface area contributed by atoms with Crippen molar-refractivity contribution in [1.82, 2.24) is 9.55 Å². The van der Waals surface area contributed by atoms with Gasteiger partial charge < -0.3 is 4.74 Å². The van der Waals surface area contributed by atoms with E-state index in [-0.39, 0.29) is 6.23 Å². The van der Waals surface area contributed by atoms with Crippen molar-refractivity contribution in [3.8, 4) is 0 Å². The second-order valence-corrected chi connectivity index (χ2v) is 3.97. The van der Waals surface area contributed by atoms with Gasteiger partial charge >= 0.3 is 5.69 Å². The number of hydrogen-bond donors (Lipinski definition) is 1. The summed E-state index contributed by atoms with van der Waals surface area (Å²) in [6, 6.07) is 0. The lowest BCUT2D eigenvalue weighted by Crippen LogP contribution is -2.32. The third-order valence-corrected chi connectivity index (χ3v) is 2.71. The molecule has 1 aliphatic rings. The van der Waals surface area contributed by atoms with E-state index in [1.807, 2.05) is 0 Å². The molecule has 1 aromatic heterocycles. The van der Waals surface area contributed by atoms with Crippen LogP contribution in [0, 0.1) is 0 Å². The Balaban J connectivity index is 2.47. The number of aromatic amines is 1. The number of H-pyrrole nitrogens is 1. The van der Waals surface area contributed by atoms with E-state index < -0.39 is 11.2 Å². The van der Waals surface area contributed by atoms with Crippen molar-refractivity contribution in [3.05, 3.63) is 31.5 Å². The van der Waals surface area contributed by atoms with Gasteiger partial charge in [-0.2, -0.15) is 0 Å². The zero-order valence-electron chi connectivity index (χ0n) is 7.33. The number of nitrogens with zero attached hydrogens (tertiary/aromatic N) is 1. The first kappa shape index (κ1) is 9.67. The maximum atomic E-state index is 11.4. The smallest absolute Gasteiger partial charge is 0.330 e. The lowest BCUT2D eigenvalue weighted by atomic mass is 10.3. The van der Waals surface area contributed by atoms with Gasteiger partial charge in [0, 0.05) is 12.8 Å². The van der Waals surface area contributed by atoms with Crippen molar-refractivity contribution in [2.75, 3.05) is 6.61 Å². The Morgan fingerprint density at radius 3 is 3.00 bits per heavy atom. The summed E-state index contributed by atoms with van der Waals surface area (Å²) in [7, 11) is 0. The first-order chi connectivity index (χ1) is 6.68. The van der Waals surface area contributed by atoms with Crippen molar-refractivity contribution in [3.63, 3.8) is 0 Å². The highest BCUT2D eigenvalue weighted by atomic mass is 79.9. The number of rotatable bonds is 1. The molecule has 1 fully saturated rings. The van der Waals surface area contributed by atoms with E-state index in [2.05, 4.69) is 20.9 Å². The first-order valence-electron chi connectivity index (χ1n) is 4.31. The fraction of sp³-hybridized carbons (Fsp3) is 0.500. The van der Waals surface area contributed by atoms with E-state index in [9.17, 15) is 9.59 Å². The SMILES string of the molecule is O=c1[nH]c(=O)n([C@@H]2CCCO2)cc1Br. The zero-order chi connectivity index (χ0) is 10.1. The molecular formula is C8H9BrN2O3. The van der Waals surface area contributed by atoms with Crippen molar-refractivity contribution in [1.29, 1.82) is 0 Å². The summed E-state index contributed by atoms with van der Waals surface area (Å²) in [6.07, 6.45) is 2.97. The predicted molar refractivity (Wildman–Crippen MR) is 53.2 cm³/mol. The Bertz CT molecular complexity index is 445. The standard InChI is InChI=1S/C8H9BrN2O3/c9-5-4-11(6-2-1-3-14-6)8(13)10-7(5)12/h4,6H,1-3H2,(H,10,12,13)/t6-/m0/s1. The van der Waals surface area contributed by atoms with Gasteiger partial charge in [0.25, 0.3) is 5.56 Å². The van der Waals surface area contributed by atoms with Crippen LogP contribution in [-0.2, 0) is 4.74 Å². The highest BCUT2D eigenvalue weighted by Gasteiger charge is 2.19. The number of halogens is 1. The van der Waals surface area contributed by atoms with Crippen LogP contribution in [0.4, 0.5) is 0 Å². The molecule has 14 heavy (non-hydrogen) atoms. The summed E-state index contributed by atoms with van der Waals surface area (Å²) in [4.78, 5) is 24.6. The normalized spacial score (nSPS) is 21.4. The van der Waals surface area contributed by atoms with E-state index >= 15 is 0 Å². The summed E-state index contributed by atoms with van der Waals surface area (Å²) < 4.78 is 7.08. The van der Waals surface area contributed by atoms with Gasteiger partial charge in [-0.05, 0) is 28.8 Å². The molecule has 0 unspecified atom stereocenters. The quantitative estimate of drug-likeness (QED) is 0.805.